The Labute approximate surface area is 172 Å². The summed E-state index contributed by atoms with van der Waals surface area (Å²) in [6, 6.07) is 16.5. The average molecular weight is 392 g/mol. The van der Waals surface area contributed by atoms with Gasteiger partial charge >= 0.3 is 0 Å². The van der Waals surface area contributed by atoms with E-state index in [4.69, 9.17) is 4.74 Å². The van der Waals surface area contributed by atoms with Gasteiger partial charge in [0.15, 0.2) is 0 Å². The summed E-state index contributed by atoms with van der Waals surface area (Å²) in [6.07, 6.45) is 6.06. The Morgan fingerprint density at radius 1 is 1.10 bits per heavy atom. The molecule has 1 aromatic heterocycles. The second kappa shape index (κ2) is 9.14. The first kappa shape index (κ1) is 19.5. The molecule has 2 heterocycles. The minimum atomic E-state index is 0.0604. The fourth-order valence-corrected chi connectivity index (χ4v) is 4.24. The van der Waals surface area contributed by atoms with Crippen molar-refractivity contribution in [3.05, 3.63) is 65.9 Å². The molecule has 1 saturated heterocycles. The third-order valence-electron chi connectivity index (χ3n) is 5.85. The smallest absolute Gasteiger partial charge is 0.224 e. The van der Waals surface area contributed by atoms with Gasteiger partial charge in [0.05, 0.1) is 19.6 Å². The van der Waals surface area contributed by atoms with Crippen molar-refractivity contribution in [1.29, 1.82) is 0 Å². The van der Waals surface area contributed by atoms with Gasteiger partial charge in [0.25, 0.3) is 0 Å². The fourth-order valence-electron chi connectivity index (χ4n) is 4.24. The van der Waals surface area contributed by atoms with Gasteiger partial charge in [-0.3, -0.25) is 9.69 Å². The zero-order chi connectivity index (χ0) is 20.1. The molecule has 0 bridgehead atoms. The lowest BCUT2D eigenvalue weighted by Crippen LogP contribution is -2.41. The summed E-state index contributed by atoms with van der Waals surface area (Å²) in [5.41, 5.74) is 3.33. The van der Waals surface area contributed by atoms with Gasteiger partial charge in [0, 0.05) is 23.6 Å². The molecule has 1 atom stereocenters. The SMILES string of the molecule is COc1ccc([C@H](CNC(=O)Cc2c[nH]c3ccccc23)N2CCCCC2)cc1. The number of ether oxygens (including phenoxy) is 1. The van der Waals surface area contributed by atoms with Gasteiger partial charge in [-0.1, -0.05) is 36.8 Å². The van der Waals surface area contributed by atoms with E-state index >= 15 is 0 Å². The summed E-state index contributed by atoms with van der Waals surface area (Å²) >= 11 is 0. The number of piperidine rings is 1. The lowest BCUT2D eigenvalue weighted by atomic mass is 10.0. The molecule has 29 heavy (non-hydrogen) atoms. The van der Waals surface area contributed by atoms with E-state index in [9.17, 15) is 4.79 Å². The Morgan fingerprint density at radius 3 is 2.62 bits per heavy atom. The van der Waals surface area contributed by atoms with Gasteiger partial charge in [-0.25, -0.2) is 0 Å². The standard InChI is InChI=1S/C24H29N3O2/c1-29-20-11-9-18(10-12-20)23(27-13-5-2-6-14-27)17-26-24(28)15-19-16-25-22-8-4-3-7-21(19)22/h3-4,7-12,16,23,25H,2,5-6,13-15,17H2,1H3,(H,26,28)/t23-/m0/s1. The molecular weight excluding hydrogens is 362 g/mol. The number of amides is 1. The number of aromatic nitrogens is 1. The third kappa shape index (κ3) is 4.62. The number of H-pyrrole nitrogens is 1. The van der Waals surface area contributed by atoms with E-state index in [2.05, 4.69) is 33.4 Å². The molecule has 1 amide bonds. The van der Waals surface area contributed by atoms with E-state index in [0.717, 1.165) is 35.3 Å². The van der Waals surface area contributed by atoms with Gasteiger partial charge in [0.1, 0.15) is 5.75 Å². The molecule has 1 aliphatic rings. The number of carbonyl (C=O) groups excluding carboxylic acids is 1. The minimum Gasteiger partial charge on any atom is -0.497 e. The van der Waals surface area contributed by atoms with E-state index in [1.54, 1.807) is 7.11 Å². The number of rotatable bonds is 7. The number of fused-ring (bicyclic) bond motifs is 1. The van der Waals surface area contributed by atoms with E-state index in [-0.39, 0.29) is 11.9 Å². The van der Waals surface area contributed by atoms with E-state index in [1.165, 1.54) is 24.8 Å². The van der Waals surface area contributed by atoms with E-state index in [0.29, 0.717) is 13.0 Å². The maximum absolute atomic E-state index is 12.7. The van der Waals surface area contributed by atoms with Crippen molar-refractivity contribution in [2.24, 2.45) is 0 Å². The summed E-state index contributed by atoms with van der Waals surface area (Å²) in [5.74, 6) is 0.916. The topological polar surface area (TPSA) is 57.4 Å². The van der Waals surface area contributed by atoms with Gasteiger partial charge in [-0.2, -0.15) is 0 Å². The van der Waals surface area contributed by atoms with Crippen molar-refractivity contribution in [1.82, 2.24) is 15.2 Å². The zero-order valence-electron chi connectivity index (χ0n) is 17.0. The number of nitrogens with one attached hydrogen (secondary N) is 2. The number of carbonyl (C=O) groups is 1. The molecule has 3 aromatic rings. The first-order valence-electron chi connectivity index (χ1n) is 10.4. The molecule has 2 N–H and O–H groups in total. The molecule has 1 aliphatic heterocycles. The Kier molecular flexibility index (Phi) is 6.15. The highest BCUT2D eigenvalue weighted by Gasteiger charge is 2.23. The highest BCUT2D eigenvalue weighted by molar-refractivity contribution is 5.88. The Balaban J connectivity index is 1.44. The Hall–Kier alpha value is -2.79. The van der Waals surface area contributed by atoms with Crippen molar-refractivity contribution in [3.63, 3.8) is 0 Å². The molecule has 0 unspecified atom stereocenters. The van der Waals surface area contributed by atoms with Crippen molar-refractivity contribution >= 4 is 16.8 Å². The average Bonchev–Trinajstić information content (AvgIpc) is 3.18. The van der Waals surface area contributed by atoms with Crippen LogP contribution < -0.4 is 10.1 Å². The Bertz CT molecular complexity index is 942. The molecule has 0 radical (unpaired) electrons. The van der Waals surface area contributed by atoms with Crippen LogP contribution in [0.2, 0.25) is 0 Å². The number of nitrogens with zero attached hydrogens (tertiary/aromatic N) is 1. The fraction of sp³-hybridized carbons (Fsp3) is 0.375. The number of aromatic amines is 1. The van der Waals surface area contributed by atoms with Gasteiger partial charge in [-0.15, -0.1) is 0 Å². The van der Waals surface area contributed by atoms with Crippen LogP contribution >= 0.6 is 0 Å². The molecule has 5 heteroatoms. The molecule has 1 fully saturated rings. The molecule has 0 saturated carbocycles. The number of hydrogen-bond acceptors (Lipinski definition) is 3. The highest BCUT2D eigenvalue weighted by Crippen LogP contribution is 2.26. The first-order chi connectivity index (χ1) is 14.2. The van der Waals surface area contributed by atoms with Crippen LogP contribution in [-0.4, -0.2) is 42.5 Å². The Morgan fingerprint density at radius 2 is 1.86 bits per heavy atom. The highest BCUT2D eigenvalue weighted by atomic mass is 16.5. The number of benzene rings is 2. The lowest BCUT2D eigenvalue weighted by Gasteiger charge is -2.35. The largest absolute Gasteiger partial charge is 0.497 e. The van der Waals surface area contributed by atoms with Gasteiger partial charge < -0.3 is 15.0 Å². The van der Waals surface area contributed by atoms with Gasteiger partial charge in [0.2, 0.25) is 5.91 Å². The third-order valence-corrected chi connectivity index (χ3v) is 5.85. The molecule has 5 nitrogen and oxygen atoms in total. The van der Waals surface area contributed by atoms with Crippen LogP contribution in [0, 0.1) is 0 Å². The maximum atomic E-state index is 12.7. The van der Waals surface area contributed by atoms with Crippen LogP contribution in [0.1, 0.15) is 36.4 Å². The minimum absolute atomic E-state index is 0.0604. The summed E-state index contributed by atoms with van der Waals surface area (Å²) in [4.78, 5) is 18.5. The second-order valence-corrected chi connectivity index (χ2v) is 7.73. The molecule has 4 rings (SSSR count). The van der Waals surface area contributed by atoms with E-state index < -0.39 is 0 Å². The number of hydrogen-bond donors (Lipinski definition) is 2. The van der Waals surface area contributed by atoms with Crippen LogP contribution in [-0.2, 0) is 11.2 Å². The summed E-state index contributed by atoms with van der Waals surface area (Å²) in [5, 5.41) is 4.30. The summed E-state index contributed by atoms with van der Waals surface area (Å²) in [6.45, 7) is 2.78. The number of para-hydroxylation sites is 1. The van der Waals surface area contributed by atoms with Crippen LogP contribution in [0.5, 0.6) is 5.75 Å². The molecule has 0 spiro atoms. The molecule has 0 aliphatic carbocycles. The van der Waals surface area contributed by atoms with E-state index in [1.807, 2.05) is 36.5 Å². The monoisotopic (exact) mass is 391 g/mol. The van der Waals surface area contributed by atoms with Crippen LogP contribution in [0.3, 0.4) is 0 Å². The quantitative estimate of drug-likeness (QED) is 0.639. The predicted octanol–water partition coefficient (Wildman–Crippen LogP) is 4.06. The first-order valence-corrected chi connectivity index (χ1v) is 10.4. The van der Waals surface area contributed by atoms with Crippen molar-refractivity contribution in [2.45, 2.75) is 31.7 Å². The molecule has 152 valence electrons. The predicted molar refractivity (Wildman–Crippen MR) is 116 cm³/mol. The number of methoxy groups -OCH3 is 1. The van der Waals surface area contributed by atoms with Crippen LogP contribution in [0.4, 0.5) is 0 Å². The molecule has 2 aromatic carbocycles. The van der Waals surface area contributed by atoms with Gasteiger partial charge in [-0.05, 0) is 55.3 Å². The van der Waals surface area contributed by atoms with Crippen LogP contribution in [0.25, 0.3) is 10.9 Å². The lowest BCUT2D eigenvalue weighted by molar-refractivity contribution is -0.120. The van der Waals surface area contributed by atoms with Crippen LogP contribution in [0.15, 0.2) is 54.7 Å². The van der Waals surface area contributed by atoms with Crippen molar-refractivity contribution < 1.29 is 9.53 Å². The summed E-state index contributed by atoms with van der Waals surface area (Å²) < 4.78 is 5.30. The summed E-state index contributed by atoms with van der Waals surface area (Å²) in [7, 11) is 1.68. The second-order valence-electron chi connectivity index (χ2n) is 7.73. The maximum Gasteiger partial charge on any atom is 0.224 e. The normalized spacial score (nSPS) is 15.9. The van der Waals surface area contributed by atoms with Crippen molar-refractivity contribution in [2.75, 3.05) is 26.7 Å². The molecular formula is C24H29N3O2. The zero-order valence-corrected chi connectivity index (χ0v) is 17.0. The number of likely N-dealkylation sites (tertiary alicyclic amines) is 1. The van der Waals surface area contributed by atoms with Crippen molar-refractivity contribution in [3.8, 4) is 5.75 Å².